The SMILES string of the molecule is NC(CCc1cccc(Cl)c1Cl)C1CC1. The lowest BCUT2D eigenvalue weighted by molar-refractivity contribution is 0.550. The third-order valence-electron chi connectivity index (χ3n) is 3.01. The molecule has 0 heterocycles. The van der Waals surface area contributed by atoms with Crippen LogP contribution in [0.15, 0.2) is 18.2 Å². The first-order valence-electron chi connectivity index (χ1n) is 5.37. The lowest BCUT2D eigenvalue weighted by Crippen LogP contribution is -2.22. The van der Waals surface area contributed by atoms with E-state index in [9.17, 15) is 0 Å². The van der Waals surface area contributed by atoms with Gasteiger partial charge in [-0.3, -0.25) is 0 Å². The molecule has 1 aliphatic carbocycles. The number of hydrogen-bond acceptors (Lipinski definition) is 1. The van der Waals surface area contributed by atoms with Crippen LogP contribution in [0.25, 0.3) is 0 Å². The van der Waals surface area contributed by atoms with E-state index in [0.717, 1.165) is 24.3 Å². The first-order valence-corrected chi connectivity index (χ1v) is 6.12. The molecular weight excluding hydrogens is 229 g/mol. The number of halogens is 2. The van der Waals surface area contributed by atoms with E-state index in [-0.39, 0.29) is 0 Å². The van der Waals surface area contributed by atoms with Crippen LogP contribution in [0.4, 0.5) is 0 Å². The molecule has 3 heteroatoms. The molecule has 0 radical (unpaired) electrons. The smallest absolute Gasteiger partial charge is 0.0624 e. The largest absolute Gasteiger partial charge is 0.327 e. The maximum Gasteiger partial charge on any atom is 0.0624 e. The molecule has 1 unspecified atom stereocenters. The molecule has 0 bridgehead atoms. The lowest BCUT2D eigenvalue weighted by atomic mass is 10.0. The molecule has 1 saturated carbocycles. The summed E-state index contributed by atoms with van der Waals surface area (Å²) in [6, 6.07) is 6.11. The summed E-state index contributed by atoms with van der Waals surface area (Å²) in [4.78, 5) is 0. The molecule has 0 saturated heterocycles. The van der Waals surface area contributed by atoms with Gasteiger partial charge in [-0.25, -0.2) is 0 Å². The maximum absolute atomic E-state index is 6.10. The van der Waals surface area contributed by atoms with Gasteiger partial charge in [0.2, 0.25) is 0 Å². The molecule has 0 amide bonds. The van der Waals surface area contributed by atoms with Gasteiger partial charge in [0, 0.05) is 6.04 Å². The molecule has 82 valence electrons. The van der Waals surface area contributed by atoms with Crippen LogP contribution >= 0.6 is 23.2 Å². The highest BCUT2D eigenvalue weighted by Gasteiger charge is 2.28. The Morgan fingerprint density at radius 3 is 2.73 bits per heavy atom. The Bertz CT molecular complexity index is 347. The maximum atomic E-state index is 6.10. The minimum Gasteiger partial charge on any atom is -0.327 e. The Kier molecular flexibility index (Phi) is 3.55. The van der Waals surface area contributed by atoms with Gasteiger partial charge in [0.25, 0.3) is 0 Å². The molecule has 0 aromatic heterocycles. The third-order valence-corrected chi connectivity index (χ3v) is 3.86. The summed E-state index contributed by atoms with van der Waals surface area (Å²) in [5.74, 6) is 0.753. The second-order valence-corrected chi connectivity index (χ2v) is 5.04. The van der Waals surface area contributed by atoms with Gasteiger partial charge >= 0.3 is 0 Å². The zero-order valence-electron chi connectivity index (χ0n) is 8.55. The van der Waals surface area contributed by atoms with Gasteiger partial charge in [-0.05, 0) is 43.2 Å². The first-order chi connectivity index (χ1) is 7.18. The number of hydrogen-bond donors (Lipinski definition) is 1. The highest BCUT2D eigenvalue weighted by atomic mass is 35.5. The van der Waals surface area contributed by atoms with Crippen LogP contribution in [0.5, 0.6) is 0 Å². The summed E-state index contributed by atoms with van der Waals surface area (Å²) in [6.45, 7) is 0. The van der Waals surface area contributed by atoms with E-state index in [1.165, 1.54) is 12.8 Å². The molecule has 1 fully saturated rings. The number of nitrogens with two attached hydrogens (primary N) is 1. The predicted octanol–water partition coefficient (Wildman–Crippen LogP) is 3.66. The van der Waals surface area contributed by atoms with Gasteiger partial charge < -0.3 is 5.73 Å². The topological polar surface area (TPSA) is 26.0 Å². The quantitative estimate of drug-likeness (QED) is 0.859. The van der Waals surface area contributed by atoms with Gasteiger partial charge in [0.1, 0.15) is 0 Å². The van der Waals surface area contributed by atoms with E-state index < -0.39 is 0 Å². The zero-order chi connectivity index (χ0) is 10.8. The van der Waals surface area contributed by atoms with Crippen molar-refractivity contribution in [3.8, 4) is 0 Å². The van der Waals surface area contributed by atoms with Crippen LogP contribution in [0.3, 0.4) is 0 Å². The Balaban J connectivity index is 1.95. The van der Waals surface area contributed by atoms with Crippen LogP contribution < -0.4 is 5.73 Å². The van der Waals surface area contributed by atoms with Crippen LogP contribution in [0, 0.1) is 5.92 Å². The Morgan fingerprint density at radius 1 is 1.33 bits per heavy atom. The van der Waals surface area contributed by atoms with Gasteiger partial charge in [-0.2, -0.15) is 0 Å². The Hall–Kier alpha value is -0.240. The minimum absolute atomic E-state index is 0.333. The number of rotatable bonds is 4. The van der Waals surface area contributed by atoms with E-state index in [0.29, 0.717) is 16.1 Å². The van der Waals surface area contributed by atoms with Crippen LogP contribution in [0.2, 0.25) is 10.0 Å². The fourth-order valence-corrected chi connectivity index (χ4v) is 2.24. The molecular formula is C12H15Cl2N. The van der Waals surface area contributed by atoms with Gasteiger partial charge in [0.05, 0.1) is 10.0 Å². The fraction of sp³-hybridized carbons (Fsp3) is 0.500. The van der Waals surface area contributed by atoms with E-state index in [1.807, 2.05) is 18.2 Å². The minimum atomic E-state index is 0.333. The fourth-order valence-electron chi connectivity index (χ4n) is 1.82. The molecule has 1 aromatic carbocycles. The van der Waals surface area contributed by atoms with Crippen LogP contribution in [0.1, 0.15) is 24.8 Å². The van der Waals surface area contributed by atoms with Crippen molar-refractivity contribution in [2.75, 3.05) is 0 Å². The van der Waals surface area contributed by atoms with E-state index in [4.69, 9.17) is 28.9 Å². The second-order valence-electron chi connectivity index (χ2n) is 4.25. The first kappa shape index (κ1) is 11.3. The van der Waals surface area contributed by atoms with Crippen molar-refractivity contribution >= 4 is 23.2 Å². The molecule has 15 heavy (non-hydrogen) atoms. The highest BCUT2D eigenvalue weighted by Crippen LogP contribution is 2.34. The van der Waals surface area contributed by atoms with Gasteiger partial charge in [-0.1, -0.05) is 35.3 Å². The van der Waals surface area contributed by atoms with E-state index in [1.54, 1.807) is 0 Å². The monoisotopic (exact) mass is 243 g/mol. The van der Waals surface area contributed by atoms with E-state index >= 15 is 0 Å². The molecule has 1 aliphatic rings. The standard InChI is InChI=1S/C12H15Cl2N/c13-10-3-1-2-9(12(10)14)6-7-11(15)8-4-5-8/h1-3,8,11H,4-7,15H2. The van der Waals surface area contributed by atoms with Crippen molar-refractivity contribution in [3.63, 3.8) is 0 Å². The van der Waals surface area contributed by atoms with Crippen molar-refractivity contribution in [1.29, 1.82) is 0 Å². The van der Waals surface area contributed by atoms with Crippen LogP contribution in [-0.2, 0) is 6.42 Å². The molecule has 2 rings (SSSR count). The molecule has 2 N–H and O–H groups in total. The molecule has 1 aromatic rings. The van der Waals surface area contributed by atoms with Crippen LogP contribution in [-0.4, -0.2) is 6.04 Å². The summed E-state index contributed by atoms with van der Waals surface area (Å²) in [6.07, 6.45) is 4.52. The number of aryl methyl sites for hydroxylation is 1. The Labute approximate surface area is 101 Å². The summed E-state index contributed by atoms with van der Waals surface area (Å²) < 4.78 is 0. The molecule has 0 aliphatic heterocycles. The third kappa shape index (κ3) is 2.87. The van der Waals surface area contributed by atoms with Crippen molar-refractivity contribution < 1.29 is 0 Å². The predicted molar refractivity (Wildman–Crippen MR) is 65.5 cm³/mol. The van der Waals surface area contributed by atoms with Gasteiger partial charge in [0.15, 0.2) is 0 Å². The summed E-state index contributed by atoms with van der Waals surface area (Å²) in [7, 11) is 0. The van der Waals surface area contributed by atoms with E-state index in [2.05, 4.69) is 0 Å². The average Bonchev–Trinajstić information content (AvgIpc) is 3.03. The lowest BCUT2D eigenvalue weighted by Gasteiger charge is -2.11. The molecule has 1 atom stereocenters. The normalized spacial score (nSPS) is 17.8. The molecule has 0 spiro atoms. The van der Waals surface area contributed by atoms with Crippen molar-refractivity contribution in [3.05, 3.63) is 33.8 Å². The highest BCUT2D eigenvalue weighted by molar-refractivity contribution is 6.42. The van der Waals surface area contributed by atoms with Crippen molar-refractivity contribution in [2.24, 2.45) is 11.7 Å². The Morgan fingerprint density at radius 2 is 2.07 bits per heavy atom. The molecule has 1 nitrogen and oxygen atoms in total. The summed E-state index contributed by atoms with van der Waals surface area (Å²) in [5.41, 5.74) is 7.15. The van der Waals surface area contributed by atoms with Gasteiger partial charge in [-0.15, -0.1) is 0 Å². The van der Waals surface area contributed by atoms with Crippen molar-refractivity contribution in [1.82, 2.24) is 0 Å². The summed E-state index contributed by atoms with van der Waals surface area (Å²) >= 11 is 12.0. The van der Waals surface area contributed by atoms with Crippen molar-refractivity contribution in [2.45, 2.75) is 31.7 Å². The second kappa shape index (κ2) is 4.73. The number of benzene rings is 1. The average molecular weight is 244 g/mol. The zero-order valence-corrected chi connectivity index (χ0v) is 10.1. The summed E-state index contributed by atoms with van der Waals surface area (Å²) in [5, 5.41) is 1.32.